The Morgan fingerprint density at radius 3 is 2.38 bits per heavy atom. The van der Waals surface area contributed by atoms with Gasteiger partial charge in [-0.15, -0.1) is 0 Å². The molecule has 0 spiro atoms. The van der Waals surface area contributed by atoms with Crippen molar-refractivity contribution in [3.05, 3.63) is 30.1 Å². The van der Waals surface area contributed by atoms with Gasteiger partial charge in [-0.3, -0.25) is 9.78 Å². The molecule has 0 saturated carbocycles. The molecule has 0 aliphatic carbocycles. The van der Waals surface area contributed by atoms with Gasteiger partial charge in [0.2, 0.25) is 0 Å². The standard InChI is InChI=1S/C12H18N2O2/c1-11(2,12(3,4)16)14-10(15)9-7-5-6-8-13-9/h5-8,16H,1-4H3,(H,14,15). The van der Waals surface area contributed by atoms with Gasteiger partial charge in [0.15, 0.2) is 0 Å². The highest BCUT2D eigenvalue weighted by Crippen LogP contribution is 2.20. The number of aromatic nitrogens is 1. The molecule has 4 nitrogen and oxygen atoms in total. The van der Waals surface area contributed by atoms with Crippen molar-refractivity contribution in [1.29, 1.82) is 0 Å². The topological polar surface area (TPSA) is 62.2 Å². The molecule has 0 radical (unpaired) electrons. The van der Waals surface area contributed by atoms with Crippen molar-refractivity contribution in [1.82, 2.24) is 10.3 Å². The third kappa shape index (κ3) is 2.79. The first-order valence-electron chi connectivity index (χ1n) is 5.20. The smallest absolute Gasteiger partial charge is 0.270 e. The van der Waals surface area contributed by atoms with Gasteiger partial charge < -0.3 is 10.4 Å². The minimum atomic E-state index is -1.00. The summed E-state index contributed by atoms with van der Waals surface area (Å²) in [6.45, 7) is 6.86. The highest BCUT2D eigenvalue weighted by atomic mass is 16.3. The average Bonchev–Trinajstić information content (AvgIpc) is 2.16. The number of nitrogens with zero attached hydrogens (tertiary/aromatic N) is 1. The molecule has 1 aromatic rings. The Morgan fingerprint density at radius 2 is 1.94 bits per heavy atom. The maximum Gasteiger partial charge on any atom is 0.270 e. The van der Waals surface area contributed by atoms with Gasteiger partial charge in [-0.25, -0.2) is 0 Å². The van der Waals surface area contributed by atoms with Crippen molar-refractivity contribution in [2.24, 2.45) is 0 Å². The largest absolute Gasteiger partial charge is 0.388 e. The molecule has 1 rings (SSSR count). The Hall–Kier alpha value is -1.42. The fraction of sp³-hybridized carbons (Fsp3) is 0.500. The average molecular weight is 222 g/mol. The Kier molecular flexibility index (Phi) is 3.33. The van der Waals surface area contributed by atoms with Crippen LogP contribution in [0, 0.1) is 0 Å². The summed E-state index contributed by atoms with van der Waals surface area (Å²) in [5.41, 5.74) is -1.38. The number of pyridine rings is 1. The van der Waals surface area contributed by atoms with Gasteiger partial charge in [-0.05, 0) is 39.8 Å². The molecule has 0 fully saturated rings. The van der Waals surface area contributed by atoms with E-state index >= 15 is 0 Å². The van der Waals surface area contributed by atoms with Crippen LogP contribution in [-0.2, 0) is 0 Å². The van der Waals surface area contributed by atoms with Crippen molar-refractivity contribution in [2.75, 3.05) is 0 Å². The number of aliphatic hydroxyl groups is 1. The van der Waals surface area contributed by atoms with Crippen LogP contribution >= 0.6 is 0 Å². The molecule has 1 heterocycles. The van der Waals surface area contributed by atoms with Crippen LogP contribution in [0.15, 0.2) is 24.4 Å². The van der Waals surface area contributed by atoms with E-state index in [2.05, 4.69) is 10.3 Å². The van der Waals surface area contributed by atoms with Crippen LogP contribution in [0.3, 0.4) is 0 Å². The van der Waals surface area contributed by atoms with Gasteiger partial charge in [-0.1, -0.05) is 6.07 Å². The van der Waals surface area contributed by atoms with Crippen LogP contribution in [-0.4, -0.2) is 27.1 Å². The quantitative estimate of drug-likeness (QED) is 0.811. The van der Waals surface area contributed by atoms with Gasteiger partial charge >= 0.3 is 0 Å². The maximum absolute atomic E-state index is 11.8. The van der Waals surface area contributed by atoms with E-state index in [1.54, 1.807) is 52.1 Å². The zero-order chi connectivity index (χ0) is 12.4. The van der Waals surface area contributed by atoms with Crippen molar-refractivity contribution in [3.8, 4) is 0 Å². The summed E-state index contributed by atoms with van der Waals surface area (Å²) < 4.78 is 0. The monoisotopic (exact) mass is 222 g/mol. The normalized spacial score (nSPS) is 12.3. The minimum absolute atomic E-state index is 0.285. The molecule has 1 aromatic heterocycles. The van der Waals surface area contributed by atoms with Crippen molar-refractivity contribution < 1.29 is 9.90 Å². The van der Waals surface area contributed by atoms with Crippen LogP contribution in [0.25, 0.3) is 0 Å². The molecule has 4 heteroatoms. The summed E-state index contributed by atoms with van der Waals surface area (Å²) in [4.78, 5) is 15.8. The molecule has 16 heavy (non-hydrogen) atoms. The second kappa shape index (κ2) is 4.22. The molecular formula is C12H18N2O2. The molecule has 0 atom stereocenters. The number of carbonyl (C=O) groups is 1. The lowest BCUT2D eigenvalue weighted by Crippen LogP contribution is -2.57. The van der Waals surface area contributed by atoms with Gasteiger partial charge in [0, 0.05) is 6.20 Å². The first-order chi connectivity index (χ1) is 7.24. The highest BCUT2D eigenvalue weighted by Gasteiger charge is 2.36. The second-order valence-electron chi connectivity index (χ2n) is 4.85. The lowest BCUT2D eigenvalue weighted by atomic mass is 9.86. The molecule has 0 aliphatic heterocycles. The molecular weight excluding hydrogens is 204 g/mol. The van der Waals surface area contributed by atoms with Crippen LogP contribution in [0.5, 0.6) is 0 Å². The van der Waals surface area contributed by atoms with E-state index in [1.165, 1.54) is 0 Å². The molecule has 0 unspecified atom stereocenters. The van der Waals surface area contributed by atoms with Crippen molar-refractivity contribution in [3.63, 3.8) is 0 Å². The van der Waals surface area contributed by atoms with Crippen LogP contribution in [0.4, 0.5) is 0 Å². The van der Waals surface area contributed by atoms with Crippen LogP contribution in [0.1, 0.15) is 38.2 Å². The number of hydrogen-bond donors (Lipinski definition) is 2. The molecule has 0 bridgehead atoms. The summed E-state index contributed by atoms with van der Waals surface area (Å²) in [6, 6.07) is 5.13. The fourth-order valence-electron chi connectivity index (χ4n) is 0.998. The number of rotatable bonds is 3. The van der Waals surface area contributed by atoms with E-state index < -0.39 is 11.1 Å². The predicted octanol–water partition coefficient (Wildman–Crippen LogP) is 1.36. The molecule has 0 aromatic carbocycles. The van der Waals surface area contributed by atoms with Gasteiger partial charge in [0.25, 0.3) is 5.91 Å². The minimum Gasteiger partial charge on any atom is -0.388 e. The molecule has 0 aliphatic rings. The summed E-state index contributed by atoms with van der Waals surface area (Å²) in [6.07, 6.45) is 1.56. The SMILES string of the molecule is CC(C)(O)C(C)(C)NC(=O)c1ccccn1. The zero-order valence-corrected chi connectivity index (χ0v) is 10.1. The summed E-state index contributed by atoms with van der Waals surface area (Å²) in [5.74, 6) is -0.285. The number of carbonyl (C=O) groups excluding carboxylic acids is 1. The number of hydrogen-bond acceptors (Lipinski definition) is 3. The van der Waals surface area contributed by atoms with E-state index in [4.69, 9.17) is 0 Å². The lowest BCUT2D eigenvalue weighted by molar-refractivity contribution is -0.00302. The first-order valence-corrected chi connectivity index (χ1v) is 5.20. The van der Waals surface area contributed by atoms with E-state index in [-0.39, 0.29) is 5.91 Å². The van der Waals surface area contributed by atoms with Crippen molar-refractivity contribution in [2.45, 2.75) is 38.8 Å². The third-order valence-electron chi connectivity index (χ3n) is 2.85. The van der Waals surface area contributed by atoms with Crippen LogP contribution < -0.4 is 5.32 Å². The van der Waals surface area contributed by atoms with E-state index in [9.17, 15) is 9.90 Å². The van der Waals surface area contributed by atoms with E-state index in [0.717, 1.165) is 0 Å². The Labute approximate surface area is 95.7 Å². The molecule has 1 amide bonds. The van der Waals surface area contributed by atoms with E-state index in [0.29, 0.717) is 5.69 Å². The molecule has 2 N–H and O–H groups in total. The Morgan fingerprint density at radius 1 is 1.31 bits per heavy atom. The molecule has 0 saturated heterocycles. The zero-order valence-electron chi connectivity index (χ0n) is 10.1. The lowest BCUT2D eigenvalue weighted by Gasteiger charge is -2.37. The first kappa shape index (κ1) is 12.6. The maximum atomic E-state index is 11.8. The van der Waals surface area contributed by atoms with E-state index in [1.807, 2.05) is 0 Å². The number of amides is 1. The van der Waals surface area contributed by atoms with Crippen molar-refractivity contribution >= 4 is 5.91 Å². The summed E-state index contributed by atoms with van der Waals surface area (Å²) >= 11 is 0. The van der Waals surface area contributed by atoms with Crippen LogP contribution in [0.2, 0.25) is 0 Å². The van der Waals surface area contributed by atoms with Gasteiger partial charge in [0.1, 0.15) is 5.69 Å². The van der Waals surface area contributed by atoms with Gasteiger partial charge in [-0.2, -0.15) is 0 Å². The Bertz CT molecular complexity index is 366. The number of nitrogens with one attached hydrogen (secondary N) is 1. The predicted molar refractivity (Wildman–Crippen MR) is 62.1 cm³/mol. The molecule has 88 valence electrons. The summed E-state index contributed by atoms with van der Waals surface area (Å²) in [5, 5.41) is 12.7. The third-order valence-corrected chi connectivity index (χ3v) is 2.85. The fourth-order valence-corrected chi connectivity index (χ4v) is 0.998. The van der Waals surface area contributed by atoms with Gasteiger partial charge in [0.05, 0.1) is 11.1 Å². The second-order valence-corrected chi connectivity index (χ2v) is 4.85. The summed E-state index contributed by atoms with van der Waals surface area (Å²) in [7, 11) is 0. The Balaban J connectivity index is 2.80. The highest BCUT2D eigenvalue weighted by molar-refractivity contribution is 5.92.